The zero-order valence-electron chi connectivity index (χ0n) is 13.6. The fraction of sp³-hybridized carbons (Fsp3) is 0.556. The lowest BCUT2D eigenvalue weighted by Gasteiger charge is -2.11. The van der Waals surface area contributed by atoms with Crippen LogP contribution in [0.25, 0.3) is 10.9 Å². The van der Waals surface area contributed by atoms with Crippen LogP contribution in [0.5, 0.6) is 5.75 Å². The molecule has 1 heterocycles. The minimum Gasteiger partial charge on any atom is -0.490 e. The summed E-state index contributed by atoms with van der Waals surface area (Å²) in [7, 11) is 0. The number of fused-ring (bicyclic) bond motifs is 1. The molecule has 0 aliphatic heterocycles. The molecule has 0 saturated heterocycles. The van der Waals surface area contributed by atoms with Crippen LogP contribution in [0.4, 0.5) is 0 Å². The number of hydrogen-bond donors (Lipinski definition) is 1. The highest BCUT2D eigenvalue weighted by molar-refractivity contribution is 5.86. The topological polar surface area (TPSA) is 26.2 Å². The fourth-order valence-electron chi connectivity index (χ4n) is 2.58. The second-order valence-corrected chi connectivity index (χ2v) is 5.82. The van der Waals surface area contributed by atoms with E-state index in [1.165, 1.54) is 30.2 Å². The van der Waals surface area contributed by atoms with Gasteiger partial charge in [-0.2, -0.15) is 0 Å². The van der Waals surface area contributed by atoms with Crippen molar-refractivity contribution in [3.8, 4) is 5.75 Å². The first-order chi connectivity index (χ1) is 10.2. The van der Waals surface area contributed by atoms with Crippen molar-refractivity contribution in [3.63, 3.8) is 0 Å². The van der Waals surface area contributed by atoms with E-state index in [2.05, 4.69) is 61.1 Å². The third-order valence-corrected chi connectivity index (χ3v) is 3.57. The van der Waals surface area contributed by atoms with Gasteiger partial charge in [0.15, 0.2) is 0 Å². The molecular formula is C18H28N2O. The van der Waals surface area contributed by atoms with Gasteiger partial charge in [0.1, 0.15) is 5.75 Å². The number of nitrogens with zero attached hydrogens (tertiary/aromatic N) is 1. The van der Waals surface area contributed by atoms with E-state index < -0.39 is 0 Å². The largest absolute Gasteiger partial charge is 0.490 e. The molecule has 0 spiro atoms. The summed E-state index contributed by atoms with van der Waals surface area (Å²) in [5.74, 6) is 0.992. The minimum absolute atomic E-state index is 0.212. The number of hydrogen-bond acceptors (Lipinski definition) is 2. The summed E-state index contributed by atoms with van der Waals surface area (Å²) in [6.07, 6.45) is 6.03. The lowest BCUT2D eigenvalue weighted by atomic mass is 10.2. The number of aryl methyl sites for hydroxylation is 1. The molecule has 3 nitrogen and oxygen atoms in total. The Kier molecular flexibility index (Phi) is 6.12. The van der Waals surface area contributed by atoms with E-state index in [0.717, 1.165) is 25.4 Å². The van der Waals surface area contributed by atoms with Gasteiger partial charge in [-0.15, -0.1) is 0 Å². The summed E-state index contributed by atoms with van der Waals surface area (Å²) in [5.41, 5.74) is 1.27. The summed E-state index contributed by atoms with van der Waals surface area (Å²) >= 11 is 0. The molecule has 0 amide bonds. The quantitative estimate of drug-likeness (QED) is 0.700. The van der Waals surface area contributed by atoms with Crippen molar-refractivity contribution in [3.05, 3.63) is 30.5 Å². The average Bonchev–Trinajstić information content (AvgIpc) is 2.87. The van der Waals surface area contributed by atoms with E-state index in [-0.39, 0.29) is 6.10 Å². The fourth-order valence-corrected chi connectivity index (χ4v) is 2.58. The second kappa shape index (κ2) is 8.08. The Labute approximate surface area is 128 Å². The van der Waals surface area contributed by atoms with E-state index in [0.29, 0.717) is 0 Å². The molecule has 1 aromatic carbocycles. The van der Waals surface area contributed by atoms with Crippen LogP contribution in [0.2, 0.25) is 0 Å². The van der Waals surface area contributed by atoms with Crippen LogP contribution in [-0.2, 0) is 6.54 Å². The van der Waals surface area contributed by atoms with E-state index in [9.17, 15) is 0 Å². The lowest BCUT2D eigenvalue weighted by Crippen LogP contribution is -2.16. The first-order valence-electron chi connectivity index (χ1n) is 8.17. The van der Waals surface area contributed by atoms with Crippen molar-refractivity contribution < 1.29 is 4.74 Å². The molecule has 3 heteroatoms. The maximum atomic E-state index is 5.89. The van der Waals surface area contributed by atoms with Gasteiger partial charge >= 0.3 is 0 Å². The zero-order chi connectivity index (χ0) is 15.1. The number of nitrogens with one attached hydrogen (secondary N) is 1. The summed E-state index contributed by atoms with van der Waals surface area (Å²) < 4.78 is 8.22. The van der Waals surface area contributed by atoms with Crippen molar-refractivity contribution in [2.24, 2.45) is 0 Å². The Morgan fingerprint density at radius 1 is 1.14 bits per heavy atom. The summed E-state index contributed by atoms with van der Waals surface area (Å²) in [5, 5.41) is 4.67. The molecule has 21 heavy (non-hydrogen) atoms. The number of rotatable bonds is 9. The number of aromatic nitrogens is 1. The highest BCUT2D eigenvalue weighted by Crippen LogP contribution is 2.27. The van der Waals surface area contributed by atoms with Gasteiger partial charge in [0.25, 0.3) is 0 Å². The molecule has 2 rings (SSSR count). The first kappa shape index (κ1) is 15.9. The molecule has 1 N–H and O–H groups in total. The van der Waals surface area contributed by atoms with Crippen molar-refractivity contribution in [2.45, 2.75) is 52.7 Å². The van der Waals surface area contributed by atoms with Gasteiger partial charge in [-0.25, -0.2) is 0 Å². The van der Waals surface area contributed by atoms with E-state index in [1.54, 1.807) is 0 Å². The SMILES string of the molecule is CCCNCCCCn1ccc2c(OC(C)C)cccc21. The van der Waals surface area contributed by atoms with Crippen LogP contribution in [0.3, 0.4) is 0 Å². The minimum atomic E-state index is 0.212. The highest BCUT2D eigenvalue weighted by atomic mass is 16.5. The molecule has 0 unspecified atom stereocenters. The maximum Gasteiger partial charge on any atom is 0.129 e. The van der Waals surface area contributed by atoms with Crippen molar-refractivity contribution in [1.29, 1.82) is 0 Å². The molecule has 1 aromatic heterocycles. The maximum absolute atomic E-state index is 5.89. The molecule has 0 aliphatic carbocycles. The Morgan fingerprint density at radius 2 is 2.00 bits per heavy atom. The van der Waals surface area contributed by atoms with Crippen LogP contribution < -0.4 is 10.1 Å². The second-order valence-electron chi connectivity index (χ2n) is 5.82. The van der Waals surface area contributed by atoms with Gasteiger partial charge in [-0.05, 0) is 64.4 Å². The summed E-state index contributed by atoms with van der Waals surface area (Å²) in [6, 6.07) is 8.49. The van der Waals surface area contributed by atoms with E-state index in [1.807, 2.05) is 0 Å². The number of benzene rings is 1. The lowest BCUT2D eigenvalue weighted by molar-refractivity contribution is 0.245. The van der Waals surface area contributed by atoms with Gasteiger partial charge in [0, 0.05) is 18.1 Å². The highest BCUT2D eigenvalue weighted by Gasteiger charge is 2.07. The van der Waals surface area contributed by atoms with Gasteiger partial charge in [0.05, 0.1) is 11.6 Å². The smallest absolute Gasteiger partial charge is 0.129 e. The third-order valence-electron chi connectivity index (χ3n) is 3.57. The number of unbranched alkanes of at least 4 members (excludes halogenated alkanes) is 1. The molecule has 0 radical (unpaired) electrons. The number of ether oxygens (including phenoxy) is 1. The normalized spacial score (nSPS) is 11.4. The van der Waals surface area contributed by atoms with E-state index in [4.69, 9.17) is 4.74 Å². The van der Waals surface area contributed by atoms with Crippen LogP contribution in [0, 0.1) is 0 Å². The Morgan fingerprint density at radius 3 is 2.76 bits per heavy atom. The molecule has 0 saturated carbocycles. The predicted octanol–water partition coefficient (Wildman–Crippen LogP) is 4.21. The molecular weight excluding hydrogens is 260 g/mol. The van der Waals surface area contributed by atoms with Crippen LogP contribution in [0.15, 0.2) is 30.5 Å². The molecule has 0 bridgehead atoms. The van der Waals surface area contributed by atoms with Crippen molar-refractivity contribution >= 4 is 10.9 Å². The van der Waals surface area contributed by atoms with Gasteiger partial charge in [-0.3, -0.25) is 0 Å². The zero-order valence-corrected chi connectivity index (χ0v) is 13.6. The summed E-state index contributed by atoms with van der Waals surface area (Å²) in [4.78, 5) is 0. The Bertz CT molecular complexity index is 545. The Hall–Kier alpha value is -1.48. The van der Waals surface area contributed by atoms with Gasteiger partial charge in [-0.1, -0.05) is 13.0 Å². The molecule has 0 atom stereocenters. The summed E-state index contributed by atoms with van der Waals surface area (Å²) in [6.45, 7) is 9.66. The predicted molar refractivity (Wildman–Crippen MR) is 90.1 cm³/mol. The molecule has 0 fully saturated rings. The molecule has 2 aromatic rings. The monoisotopic (exact) mass is 288 g/mol. The van der Waals surface area contributed by atoms with Crippen LogP contribution in [-0.4, -0.2) is 23.8 Å². The Balaban J connectivity index is 1.95. The average molecular weight is 288 g/mol. The van der Waals surface area contributed by atoms with Crippen LogP contribution in [0.1, 0.15) is 40.0 Å². The third kappa shape index (κ3) is 4.50. The van der Waals surface area contributed by atoms with Crippen molar-refractivity contribution in [2.75, 3.05) is 13.1 Å². The van der Waals surface area contributed by atoms with Gasteiger partial charge < -0.3 is 14.6 Å². The standard InChI is InChI=1S/C18H28N2O/c1-4-11-19-12-5-6-13-20-14-10-16-17(20)8-7-9-18(16)21-15(2)3/h7-10,14-15,19H,4-6,11-13H2,1-3H3. The van der Waals surface area contributed by atoms with Gasteiger partial charge in [0.2, 0.25) is 0 Å². The first-order valence-corrected chi connectivity index (χ1v) is 8.17. The molecule has 116 valence electrons. The molecule has 0 aliphatic rings. The van der Waals surface area contributed by atoms with Crippen LogP contribution >= 0.6 is 0 Å². The van der Waals surface area contributed by atoms with Crippen molar-refractivity contribution in [1.82, 2.24) is 9.88 Å². The van der Waals surface area contributed by atoms with E-state index >= 15 is 0 Å².